The average Bonchev–Trinajstić information content (AvgIpc) is 3.41. The lowest BCUT2D eigenvalue weighted by atomic mass is 9.88. The van der Waals surface area contributed by atoms with Crippen molar-refractivity contribution < 1.29 is 23.3 Å². The molecule has 2 aliphatic heterocycles. The van der Waals surface area contributed by atoms with E-state index < -0.39 is 37.9 Å². The molecule has 0 spiro atoms. The Morgan fingerprint density at radius 3 is 2.70 bits per heavy atom. The maximum atomic E-state index is 12.8. The van der Waals surface area contributed by atoms with Crippen LogP contribution in [-0.2, 0) is 23.3 Å². The van der Waals surface area contributed by atoms with Gasteiger partial charge in [0.25, 0.3) is 14.1 Å². The molecule has 2 aromatic rings. The quantitative estimate of drug-likeness (QED) is 0.221. The Kier molecular flexibility index (Phi) is 9.60. The van der Waals surface area contributed by atoms with E-state index in [2.05, 4.69) is 57.5 Å². The first-order chi connectivity index (χ1) is 19.0. The van der Waals surface area contributed by atoms with Gasteiger partial charge in [-0.1, -0.05) is 20.8 Å². The van der Waals surface area contributed by atoms with Crippen LogP contribution in [0, 0.1) is 12.5 Å². The van der Waals surface area contributed by atoms with E-state index in [0.29, 0.717) is 25.3 Å². The second kappa shape index (κ2) is 12.6. The van der Waals surface area contributed by atoms with E-state index in [4.69, 9.17) is 25.1 Å². The molecule has 0 saturated carbocycles. The average molecular weight is 578 g/mol. The van der Waals surface area contributed by atoms with Crippen molar-refractivity contribution in [1.29, 1.82) is 0 Å². The fourth-order valence-electron chi connectivity index (χ4n) is 5.16. The van der Waals surface area contributed by atoms with Crippen molar-refractivity contribution in [3.8, 4) is 0 Å². The van der Waals surface area contributed by atoms with Gasteiger partial charge in [-0.3, -0.25) is 19.9 Å². The molecule has 4 unspecified atom stereocenters. The van der Waals surface area contributed by atoms with Crippen LogP contribution in [0.1, 0.15) is 60.9 Å². The van der Waals surface area contributed by atoms with Crippen LogP contribution in [-0.4, -0.2) is 86.4 Å². The Morgan fingerprint density at radius 1 is 1.35 bits per heavy atom. The normalized spacial score (nSPS) is 25.3. The molecule has 5 atom stereocenters. The third-order valence-corrected chi connectivity index (χ3v) is 9.38. The van der Waals surface area contributed by atoms with Crippen molar-refractivity contribution in [2.75, 3.05) is 31.7 Å². The van der Waals surface area contributed by atoms with E-state index >= 15 is 0 Å². The predicted molar refractivity (Wildman–Crippen MR) is 151 cm³/mol. The standard InChI is InChI=1S/C26H40N7O6P/c1-9-26-13-36-20(21(26)39-40(38-11-10-27-8)33(16(4)5)17(6)7)18(12-37-26)32-14-28-19-22(32)29-25(31-24(19)35)30-23(34)15(2)3/h14-18,20-21H,9-13H2,1-7H3,(H2,29,30,31,34,35)/t18-,20?,21?,26?,40?/m0/s1. The number of nitrogens with zero attached hydrogens (tertiary/aromatic N) is 5. The predicted octanol–water partition coefficient (Wildman–Crippen LogP) is 3.50. The molecule has 1 amide bonds. The molecule has 40 heavy (non-hydrogen) atoms. The summed E-state index contributed by atoms with van der Waals surface area (Å²) in [6.07, 6.45) is 1.31. The number of fused-ring (bicyclic) bond motifs is 3. The maximum Gasteiger partial charge on any atom is 0.280 e. The molecule has 0 aromatic carbocycles. The van der Waals surface area contributed by atoms with Gasteiger partial charge in [-0.15, -0.1) is 0 Å². The van der Waals surface area contributed by atoms with Gasteiger partial charge in [0.2, 0.25) is 18.4 Å². The van der Waals surface area contributed by atoms with Gasteiger partial charge in [0.1, 0.15) is 24.4 Å². The number of carbonyl (C=O) groups is 1. The molecule has 14 heteroatoms. The zero-order valence-corrected chi connectivity index (χ0v) is 25.1. The second-order valence-electron chi connectivity index (χ2n) is 11.0. The third-order valence-electron chi connectivity index (χ3n) is 7.27. The number of hydrogen-bond donors (Lipinski definition) is 2. The van der Waals surface area contributed by atoms with Crippen molar-refractivity contribution in [3.05, 3.63) is 28.1 Å². The van der Waals surface area contributed by atoms with Gasteiger partial charge < -0.3 is 27.9 Å². The summed E-state index contributed by atoms with van der Waals surface area (Å²) in [5.74, 6) is -0.493. The molecular weight excluding hydrogens is 537 g/mol. The van der Waals surface area contributed by atoms with Crippen molar-refractivity contribution >= 4 is 31.5 Å². The summed E-state index contributed by atoms with van der Waals surface area (Å²) >= 11 is 0. The van der Waals surface area contributed by atoms with Crippen LogP contribution < -0.4 is 10.9 Å². The summed E-state index contributed by atoms with van der Waals surface area (Å²) in [6.45, 7) is 22.2. The molecule has 0 aliphatic carbocycles. The van der Waals surface area contributed by atoms with Crippen LogP contribution >= 0.6 is 8.53 Å². The molecular formula is C26H40N7O6P. The Hall–Kier alpha value is -2.46. The van der Waals surface area contributed by atoms with Crippen LogP contribution in [0.25, 0.3) is 16.0 Å². The van der Waals surface area contributed by atoms with Gasteiger partial charge in [-0.2, -0.15) is 4.98 Å². The number of nitrogens with one attached hydrogen (secondary N) is 2. The highest BCUT2D eigenvalue weighted by atomic mass is 31.2. The second-order valence-corrected chi connectivity index (χ2v) is 12.4. The van der Waals surface area contributed by atoms with Crippen molar-refractivity contribution in [2.24, 2.45) is 5.92 Å². The fraction of sp³-hybridized carbons (Fsp3) is 0.731. The molecule has 13 nitrogen and oxygen atoms in total. The molecule has 4 heterocycles. The zero-order valence-electron chi connectivity index (χ0n) is 24.2. The van der Waals surface area contributed by atoms with E-state index in [0.717, 1.165) is 0 Å². The number of aromatic amines is 1. The summed E-state index contributed by atoms with van der Waals surface area (Å²) in [4.78, 5) is 39.9. The topological polar surface area (TPSA) is 137 Å². The third kappa shape index (κ3) is 5.93. The number of amides is 1. The Bertz CT molecular complexity index is 1280. The number of ether oxygens (including phenoxy) is 2. The van der Waals surface area contributed by atoms with Gasteiger partial charge in [0, 0.05) is 18.0 Å². The van der Waals surface area contributed by atoms with E-state index in [1.807, 2.05) is 6.92 Å². The number of hydrogen-bond acceptors (Lipinski definition) is 9. The highest BCUT2D eigenvalue weighted by Crippen LogP contribution is 2.53. The van der Waals surface area contributed by atoms with Crippen LogP contribution in [0.15, 0.2) is 11.1 Å². The molecule has 220 valence electrons. The van der Waals surface area contributed by atoms with Gasteiger partial charge in [0.15, 0.2) is 11.2 Å². The van der Waals surface area contributed by atoms with Gasteiger partial charge in [-0.05, 0) is 34.1 Å². The Balaban J connectivity index is 1.69. The van der Waals surface area contributed by atoms with Crippen LogP contribution in [0.5, 0.6) is 0 Å². The lowest BCUT2D eigenvalue weighted by molar-refractivity contribution is -0.142. The van der Waals surface area contributed by atoms with E-state index in [-0.39, 0.29) is 48.5 Å². The lowest BCUT2D eigenvalue weighted by Crippen LogP contribution is -2.55. The van der Waals surface area contributed by atoms with Gasteiger partial charge in [0.05, 0.1) is 25.6 Å². The monoisotopic (exact) mass is 577 g/mol. The van der Waals surface area contributed by atoms with Gasteiger partial charge in [-0.25, -0.2) is 16.2 Å². The Labute approximate surface area is 235 Å². The summed E-state index contributed by atoms with van der Waals surface area (Å²) in [5.41, 5.74) is -0.650. The van der Waals surface area contributed by atoms with Crippen LogP contribution in [0.3, 0.4) is 0 Å². The molecule has 4 rings (SSSR count). The fourth-order valence-corrected chi connectivity index (χ4v) is 6.97. The first kappa shape index (κ1) is 30.5. The number of anilines is 1. The number of H-pyrrole nitrogens is 1. The lowest BCUT2D eigenvalue weighted by Gasteiger charge is -2.45. The number of carbonyl (C=O) groups excluding carboxylic acids is 1. The molecule has 2 aromatic heterocycles. The molecule has 0 radical (unpaired) electrons. The van der Waals surface area contributed by atoms with Crippen LogP contribution in [0.2, 0.25) is 0 Å². The number of imidazole rings is 1. The van der Waals surface area contributed by atoms with E-state index in [1.165, 1.54) is 0 Å². The largest absolute Gasteiger partial charge is 0.370 e. The molecule has 2 aliphatic rings. The molecule has 2 bridgehead atoms. The van der Waals surface area contributed by atoms with Crippen LogP contribution in [0.4, 0.5) is 5.95 Å². The highest BCUT2D eigenvalue weighted by molar-refractivity contribution is 7.44. The van der Waals surface area contributed by atoms with E-state index in [9.17, 15) is 9.59 Å². The van der Waals surface area contributed by atoms with Crippen molar-refractivity contribution in [2.45, 2.75) is 90.8 Å². The number of aromatic nitrogens is 4. The van der Waals surface area contributed by atoms with Crippen molar-refractivity contribution in [1.82, 2.24) is 24.2 Å². The smallest absolute Gasteiger partial charge is 0.280 e. The minimum atomic E-state index is -1.54. The van der Waals surface area contributed by atoms with E-state index in [1.54, 1.807) is 24.7 Å². The first-order valence-corrected chi connectivity index (χ1v) is 14.9. The summed E-state index contributed by atoms with van der Waals surface area (Å²) in [7, 11) is -1.54. The minimum absolute atomic E-state index is 0.0546. The molecule has 2 saturated heterocycles. The minimum Gasteiger partial charge on any atom is -0.370 e. The Morgan fingerprint density at radius 2 is 2.08 bits per heavy atom. The molecule has 2 fully saturated rings. The maximum absolute atomic E-state index is 12.8. The number of rotatable bonds is 12. The first-order valence-electron chi connectivity index (χ1n) is 13.8. The van der Waals surface area contributed by atoms with Crippen molar-refractivity contribution in [3.63, 3.8) is 0 Å². The molecule has 2 N–H and O–H groups in total. The highest BCUT2D eigenvalue weighted by Gasteiger charge is 2.59. The summed E-state index contributed by atoms with van der Waals surface area (Å²) in [6, 6.07) is -0.112. The zero-order chi connectivity index (χ0) is 29.2. The summed E-state index contributed by atoms with van der Waals surface area (Å²) < 4.78 is 29.8. The summed E-state index contributed by atoms with van der Waals surface area (Å²) in [5, 5.41) is 2.66. The SMILES string of the molecule is [C-]#[N+]CCOP(OC1C2OCC1(CC)OC[C@@H]2n1cnc2c(=O)[nH]c(NC(=O)C(C)C)nc21)N(C(C)C)C(C)C. The van der Waals surface area contributed by atoms with Gasteiger partial charge >= 0.3 is 0 Å².